The van der Waals surface area contributed by atoms with E-state index < -0.39 is 11.8 Å². The Hall–Kier alpha value is -1.22. The maximum absolute atomic E-state index is 12.0. The summed E-state index contributed by atoms with van der Waals surface area (Å²) in [6, 6.07) is 3.45. The van der Waals surface area contributed by atoms with Gasteiger partial charge in [0.1, 0.15) is 11.3 Å². The lowest BCUT2D eigenvalue weighted by atomic mass is 10.1. The number of furan rings is 1. The topological polar surface area (TPSA) is 53.8 Å². The van der Waals surface area contributed by atoms with Crippen LogP contribution in [0.3, 0.4) is 0 Å². The number of carbonyl (C=O) groups is 2. The molecule has 1 saturated heterocycles. The lowest BCUT2D eigenvalue weighted by Gasteiger charge is -2.31. The SMILES string of the molecule is CN1C(=O)C(=Cc2ccc(I)o2)C(=O)N(C)C1=S. The highest BCUT2D eigenvalue weighted by Gasteiger charge is 2.35. The van der Waals surface area contributed by atoms with Crippen LogP contribution in [-0.2, 0) is 9.59 Å². The summed E-state index contributed by atoms with van der Waals surface area (Å²) in [4.78, 5) is 26.5. The van der Waals surface area contributed by atoms with Crippen LogP contribution in [0.1, 0.15) is 5.76 Å². The number of halogens is 1. The van der Waals surface area contributed by atoms with Gasteiger partial charge in [0.2, 0.25) is 0 Å². The summed E-state index contributed by atoms with van der Waals surface area (Å²) in [5, 5.41) is 0.191. The molecule has 1 aromatic rings. The van der Waals surface area contributed by atoms with E-state index in [1.807, 2.05) is 22.6 Å². The van der Waals surface area contributed by atoms with Crippen LogP contribution in [0.2, 0.25) is 0 Å². The monoisotopic (exact) mass is 376 g/mol. The van der Waals surface area contributed by atoms with E-state index >= 15 is 0 Å². The van der Waals surface area contributed by atoms with Crippen LogP contribution < -0.4 is 0 Å². The average molecular weight is 376 g/mol. The van der Waals surface area contributed by atoms with E-state index in [1.54, 1.807) is 12.1 Å². The average Bonchev–Trinajstić information content (AvgIpc) is 2.75. The minimum absolute atomic E-state index is 0.0411. The van der Waals surface area contributed by atoms with Crippen molar-refractivity contribution in [2.75, 3.05) is 14.1 Å². The molecule has 2 rings (SSSR count). The Labute approximate surface area is 123 Å². The zero-order valence-corrected chi connectivity index (χ0v) is 12.6. The van der Waals surface area contributed by atoms with Crippen LogP contribution in [0.5, 0.6) is 0 Å². The normalized spacial score (nSPS) is 16.6. The van der Waals surface area contributed by atoms with Gasteiger partial charge >= 0.3 is 0 Å². The number of carbonyl (C=O) groups excluding carboxylic acids is 2. The molecule has 1 fully saturated rings. The van der Waals surface area contributed by atoms with Crippen LogP contribution in [0, 0.1) is 3.77 Å². The van der Waals surface area contributed by atoms with Crippen molar-refractivity contribution in [1.29, 1.82) is 0 Å². The van der Waals surface area contributed by atoms with Crippen LogP contribution in [0.15, 0.2) is 22.1 Å². The first-order chi connectivity index (χ1) is 8.41. The number of amides is 2. The highest BCUT2D eigenvalue weighted by atomic mass is 127. The minimum atomic E-state index is -0.422. The fourth-order valence-corrected chi connectivity index (χ4v) is 2.12. The summed E-state index contributed by atoms with van der Waals surface area (Å²) in [6.45, 7) is 0. The molecule has 1 aromatic heterocycles. The molecule has 0 unspecified atom stereocenters. The molecule has 18 heavy (non-hydrogen) atoms. The van der Waals surface area contributed by atoms with Crippen molar-refractivity contribution < 1.29 is 14.0 Å². The summed E-state index contributed by atoms with van der Waals surface area (Å²) in [5.74, 6) is -0.380. The highest BCUT2D eigenvalue weighted by Crippen LogP contribution is 2.19. The number of hydrogen-bond acceptors (Lipinski definition) is 4. The second kappa shape index (κ2) is 4.81. The van der Waals surface area contributed by atoms with Gasteiger partial charge in [-0.2, -0.15) is 0 Å². The third kappa shape index (κ3) is 2.19. The van der Waals surface area contributed by atoms with E-state index in [1.165, 1.54) is 30.0 Å². The van der Waals surface area contributed by atoms with Crippen molar-refractivity contribution in [1.82, 2.24) is 9.80 Å². The van der Waals surface area contributed by atoms with Crippen molar-refractivity contribution in [2.24, 2.45) is 0 Å². The van der Waals surface area contributed by atoms with E-state index in [-0.39, 0.29) is 10.7 Å². The minimum Gasteiger partial charge on any atom is -0.451 e. The van der Waals surface area contributed by atoms with Gasteiger partial charge in [-0.15, -0.1) is 0 Å². The molecule has 0 saturated carbocycles. The molecule has 5 nitrogen and oxygen atoms in total. The first-order valence-corrected chi connectivity index (χ1v) is 6.47. The molecule has 0 spiro atoms. The summed E-state index contributed by atoms with van der Waals surface area (Å²) in [6.07, 6.45) is 1.43. The Kier molecular flexibility index (Phi) is 3.53. The molecule has 1 aliphatic heterocycles. The van der Waals surface area contributed by atoms with E-state index in [0.29, 0.717) is 9.53 Å². The molecule has 2 amide bonds. The van der Waals surface area contributed by atoms with Crippen molar-refractivity contribution in [3.8, 4) is 0 Å². The highest BCUT2D eigenvalue weighted by molar-refractivity contribution is 14.1. The molecule has 0 N–H and O–H groups in total. The third-order valence-electron chi connectivity index (χ3n) is 2.52. The summed E-state index contributed by atoms with van der Waals surface area (Å²) in [7, 11) is 3.07. The van der Waals surface area contributed by atoms with Crippen molar-refractivity contribution in [2.45, 2.75) is 0 Å². The number of hydrogen-bond donors (Lipinski definition) is 0. The van der Waals surface area contributed by atoms with E-state index in [4.69, 9.17) is 16.6 Å². The van der Waals surface area contributed by atoms with Crippen molar-refractivity contribution in [3.63, 3.8) is 0 Å². The maximum Gasteiger partial charge on any atom is 0.265 e. The number of likely N-dealkylation sites (N-methyl/N-ethyl adjacent to an activating group) is 2. The summed E-state index contributed by atoms with van der Waals surface area (Å²) >= 11 is 6.99. The summed E-state index contributed by atoms with van der Waals surface area (Å²) in [5.41, 5.74) is 0.0411. The van der Waals surface area contributed by atoms with Gasteiger partial charge in [0.25, 0.3) is 11.8 Å². The standard InChI is InChI=1S/C11H9IN2O3S/c1-13-9(15)7(10(16)14(2)11(13)18)5-6-3-4-8(12)17-6/h3-5H,1-2H3. The molecular formula is C11H9IN2O3S. The molecule has 1 aliphatic rings. The van der Waals surface area contributed by atoms with Gasteiger partial charge in [-0.3, -0.25) is 19.4 Å². The first kappa shape index (κ1) is 13.2. The molecule has 2 heterocycles. The molecular weight excluding hydrogens is 367 g/mol. The molecule has 0 aromatic carbocycles. The molecule has 0 atom stereocenters. The molecule has 0 radical (unpaired) electrons. The second-order valence-electron chi connectivity index (χ2n) is 3.71. The number of nitrogens with zero attached hydrogens (tertiary/aromatic N) is 2. The maximum atomic E-state index is 12.0. The van der Waals surface area contributed by atoms with Crippen molar-refractivity contribution >= 4 is 57.8 Å². The molecule has 94 valence electrons. The van der Waals surface area contributed by atoms with Gasteiger partial charge in [0, 0.05) is 14.1 Å². The van der Waals surface area contributed by atoms with E-state index in [2.05, 4.69) is 0 Å². The summed E-state index contributed by atoms with van der Waals surface area (Å²) < 4.78 is 6.00. The van der Waals surface area contributed by atoms with Gasteiger partial charge in [-0.25, -0.2) is 0 Å². The zero-order valence-electron chi connectivity index (χ0n) is 9.64. The molecule has 0 bridgehead atoms. The van der Waals surface area contributed by atoms with Gasteiger partial charge < -0.3 is 4.42 Å². The fraction of sp³-hybridized carbons (Fsp3) is 0.182. The lowest BCUT2D eigenvalue weighted by molar-refractivity contribution is -0.132. The lowest BCUT2D eigenvalue weighted by Crippen LogP contribution is -2.52. The Morgan fingerprint density at radius 1 is 1.22 bits per heavy atom. The van der Waals surface area contributed by atoms with Crippen LogP contribution in [0.4, 0.5) is 0 Å². The predicted octanol–water partition coefficient (Wildman–Crippen LogP) is 1.48. The van der Waals surface area contributed by atoms with Gasteiger partial charge in [-0.1, -0.05) is 0 Å². The molecule has 7 heteroatoms. The van der Waals surface area contributed by atoms with Crippen molar-refractivity contribution in [3.05, 3.63) is 27.2 Å². The first-order valence-electron chi connectivity index (χ1n) is 4.99. The number of thiocarbonyl (C=S) groups is 1. The largest absolute Gasteiger partial charge is 0.451 e. The van der Waals surface area contributed by atoms with Crippen LogP contribution in [0.25, 0.3) is 6.08 Å². The van der Waals surface area contributed by atoms with Crippen LogP contribution >= 0.6 is 34.8 Å². The second-order valence-corrected chi connectivity index (χ2v) is 5.14. The quantitative estimate of drug-likeness (QED) is 0.323. The smallest absolute Gasteiger partial charge is 0.265 e. The van der Waals surface area contributed by atoms with Gasteiger partial charge in [-0.05, 0) is 53.0 Å². The number of rotatable bonds is 1. The Morgan fingerprint density at radius 3 is 2.22 bits per heavy atom. The Balaban J connectivity index is 2.43. The third-order valence-corrected chi connectivity index (χ3v) is 3.65. The predicted molar refractivity (Wildman–Crippen MR) is 77.5 cm³/mol. The Morgan fingerprint density at radius 2 is 1.78 bits per heavy atom. The van der Waals surface area contributed by atoms with E-state index in [9.17, 15) is 9.59 Å². The zero-order chi connectivity index (χ0) is 13.4. The fourth-order valence-electron chi connectivity index (χ4n) is 1.52. The van der Waals surface area contributed by atoms with Crippen LogP contribution in [-0.4, -0.2) is 40.8 Å². The molecule has 0 aliphatic carbocycles. The Bertz CT molecular complexity index is 553. The van der Waals surface area contributed by atoms with E-state index in [0.717, 1.165) is 0 Å². The van der Waals surface area contributed by atoms with Gasteiger partial charge in [0.05, 0.1) is 0 Å². The van der Waals surface area contributed by atoms with Gasteiger partial charge in [0.15, 0.2) is 8.88 Å².